The first-order chi connectivity index (χ1) is 9.65. The zero-order valence-electron chi connectivity index (χ0n) is 13.0. The van der Waals surface area contributed by atoms with Crippen LogP contribution >= 0.6 is 15.9 Å². The molecule has 114 valence electrons. The summed E-state index contributed by atoms with van der Waals surface area (Å²) in [5.41, 5.74) is 1.20. The van der Waals surface area contributed by atoms with Gasteiger partial charge in [-0.05, 0) is 53.0 Å². The van der Waals surface area contributed by atoms with Crippen LogP contribution < -0.4 is 14.8 Å². The summed E-state index contributed by atoms with van der Waals surface area (Å²) in [6.07, 6.45) is 2.44. The molecule has 0 aromatic heterocycles. The Balaban J connectivity index is 2.69. The highest BCUT2D eigenvalue weighted by Gasteiger charge is 2.11. The predicted molar refractivity (Wildman–Crippen MR) is 87.6 cm³/mol. The Morgan fingerprint density at radius 3 is 2.45 bits per heavy atom. The minimum atomic E-state index is 0.626. The molecule has 0 radical (unpaired) electrons. The average molecular weight is 344 g/mol. The van der Waals surface area contributed by atoms with Crippen molar-refractivity contribution < 1.29 is 9.47 Å². The maximum Gasteiger partial charge on any atom is 0.175 e. The van der Waals surface area contributed by atoms with Crippen LogP contribution in [0, 0.1) is 5.92 Å². The van der Waals surface area contributed by atoms with E-state index in [1.165, 1.54) is 18.4 Å². The maximum atomic E-state index is 5.60. The van der Waals surface area contributed by atoms with Crippen LogP contribution in [0.4, 0.5) is 0 Å². The lowest BCUT2D eigenvalue weighted by atomic mass is 10.0. The minimum Gasteiger partial charge on any atom is -0.493 e. The number of halogens is 1. The van der Waals surface area contributed by atoms with Gasteiger partial charge in [-0.2, -0.15) is 0 Å². The van der Waals surface area contributed by atoms with Gasteiger partial charge < -0.3 is 14.8 Å². The lowest BCUT2D eigenvalue weighted by Gasteiger charge is -2.16. The Morgan fingerprint density at radius 1 is 1.20 bits per heavy atom. The Labute approximate surface area is 131 Å². The second-order valence-electron chi connectivity index (χ2n) is 4.86. The Bertz CT molecular complexity index is 406. The minimum absolute atomic E-state index is 0.626. The van der Waals surface area contributed by atoms with Crippen LogP contribution in [0.25, 0.3) is 0 Å². The van der Waals surface area contributed by atoms with Crippen molar-refractivity contribution in [2.75, 3.05) is 20.3 Å². The number of benzene rings is 1. The van der Waals surface area contributed by atoms with E-state index in [1.54, 1.807) is 7.11 Å². The first-order valence-corrected chi connectivity index (χ1v) is 8.15. The summed E-state index contributed by atoms with van der Waals surface area (Å²) < 4.78 is 11.9. The number of hydrogen-bond acceptors (Lipinski definition) is 3. The van der Waals surface area contributed by atoms with Gasteiger partial charge in [-0.15, -0.1) is 0 Å². The molecule has 0 aliphatic heterocycles. The first kappa shape index (κ1) is 17.3. The summed E-state index contributed by atoms with van der Waals surface area (Å²) in [5, 5.41) is 3.52. The molecule has 1 N–H and O–H groups in total. The van der Waals surface area contributed by atoms with Crippen LogP contribution in [0.1, 0.15) is 39.2 Å². The SMILES string of the molecule is CCOc1c(Br)cc(CNCC(CC)CC)cc1OC. The third-order valence-corrected chi connectivity index (χ3v) is 4.08. The molecule has 1 rings (SSSR count). The van der Waals surface area contributed by atoms with Crippen molar-refractivity contribution in [2.24, 2.45) is 5.92 Å². The third-order valence-electron chi connectivity index (χ3n) is 3.49. The summed E-state index contributed by atoms with van der Waals surface area (Å²) in [4.78, 5) is 0. The van der Waals surface area contributed by atoms with Gasteiger partial charge >= 0.3 is 0 Å². The van der Waals surface area contributed by atoms with E-state index in [0.717, 1.165) is 35.0 Å². The van der Waals surface area contributed by atoms with E-state index >= 15 is 0 Å². The van der Waals surface area contributed by atoms with Crippen molar-refractivity contribution in [1.29, 1.82) is 0 Å². The summed E-state index contributed by atoms with van der Waals surface area (Å²) in [6.45, 7) is 8.98. The molecule has 4 heteroatoms. The molecule has 20 heavy (non-hydrogen) atoms. The molecule has 0 spiro atoms. The quantitative estimate of drug-likeness (QED) is 0.721. The second kappa shape index (κ2) is 9.24. The molecule has 0 unspecified atom stereocenters. The molecule has 1 aromatic carbocycles. The van der Waals surface area contributed by atoms with Crippen molar-refractivity contribution in [3.8, 4) is 11.5 Å². The second-order valence-corrected chi connectivity index (χ2v) is 5.71. The molecule has 0 aliphatic carbocycles. The fraction of sp³-hybridized carbons (Fsp3) is 0.625. The number of ether oxygens (including phenoxy) is 2. The van der Waals surface area contributed by atoms with Crippen molar-refractivity contribution in [3.05, 3.63) is 22.2 Å². The number of rotatable bonds is 9. The van der Waals surface area contributed by atoms with Gasteiger partial charge in [0.2, 0.25) is 0 Å². The summed E-state index contributed by atoms with van der Waals surface area (Å²) in [7, 11) is 1.67. The van der Waals surface area contributed by atoms with E-state index in [-0.39, 0.29) is 0 Å². The summed E-state index contributed by atoms with van der Waals surface area (Å²) >= 11 is 3.56. The number of methoxy groups -OCH3 is 1. The highest BCUT2D eigenvalue weighted by Crippen LogP contribution is 2.36. The standard InChI is InChI=1S/C16H26BrNO2/c1-5-12(6-2)10-18-11-13-8-14(17)16(20-7-3)15(9-13)19-4/h8-9,12,18H,5-7,10-11H2,1-4H3. The topological polar surface area (TPSA) is 30.5 Å². The van der Waals surface area contributed by atoms with E-state index in [1.807, 2.05) is 13.0 Å². The molecule has 0 saturated heterocycles. The van der Waals surface area contributed by atoms with Gasteiger partial charge in [-0.25, -0.2) is 0 Å². The van der Waals surface area contributed by atoms with Gasteiger partial charge in [0, 0.05) is 6.54 Å². The van der Waals surface area contributed by atoms with E-state index in [0.29, 0.717) is 6.61 Å². The highest BCUT2D eigenvalue weighted by atomic mass is 79.9. The van der Waals surface area contributed by atoms with Gasteiger partial charge in [-0.1, -0.05) is 26.7 Å². The van der Waals surface area contributed by atoms with Gasteiger partial charge in [0.05, 0.1) is 18.2 Å². The largest absolute Gasteiger partial charge is 0.493 e. The lowest BCUT2D eigenvalue weighted by Crippen LogP contribution is -2.21. The molecule has 3 nitrogen and oxygen atoms in total. The average Bonchev–Trinajstić information content (AvgIpc) is 2.46. The first-order valence-electron chi connectivity index (χ1n) is 7.36. The van der Waals surface area contributed by atoms with Crippen molar-refractivity contribution in [2.45, 2.75) is 40.2 Å². The molecule has 0 amide bonds. The molecule has 0 atom stereocenters. The van der Waals surface area contributed by atoms with Crippen LogP contribution in [-0.4, -0.2) is 20.3 Å². The number of hydrogen-bond donors (Lipinski definition) is 1. The Morgan fingerprint density at radius 2 is 1.90 bits per heavy atom. The fourth-order valence-corrected chi connectivity index (χ4v) is 2.76. The zero-order valence-corrected chi connectivity index (χ0v) is 14.5. The molecule has 0 bridgehead atoms. The van der Waals surface area contributed by atoms with Crippen molar-refractivity contribution in [3.63, 3.8) is 0 Å². The Hall–Kier alpha value is -0.740. The van der Waals surface area contributed by atoms with Crippen molar-refractivity contribution in [1.82, 2.24) is 5.32 Å². The van der Waals surface area contributed by atoms with Crippen LogP contribution in [0.15, 0.2) is 16.6 Å². The molecule has 0 heterocycles. The fourth-order valence-electron chi connectivity index (χ4n) is 2.16. The molecule has 0 fully saturated rings. The van der Waals surface area contributed by atoms with E-state index in [2.05, 4.69) is 41.2 Å². The van der Waals surface area contributed by atoms with Crippen molar-refractivity contribution >= 4 is 15.9 Å². The molecular formula is C16H26BrNO2. The Kier molecular flexibility index (Phi) is 8.00. The van der Waals surface area contributed by atoms with E-state index < -0.39 is 0 Å². The van der Waals surface area contributed by atoms with Crippen LogP contribution in [0.5, 0.6) is 11.5 Å². The van der Waals surface area contributed by atoms with Gasteiger partial charge in [0.25, 0.3) is 0 Å². The summed E-state index contributed by atoms with van der Waals surface area (Å²) in [6, 6.07) is 4.13. The highest BCUT2D eigenvalue weighted by molar-refractivity contribution is 9.10. The molecule has 0 aliphatic rings. The third kappa shape index (κ3) is 4.98. The summed E-state index contributed by atoms with van der Waals surface area (Å²) in [5.74, 6) is 2.31. The normalized spacial score (nSPS) is 10.9. The monoisotopic (exact) mass is 343 g/mol. The predicted octanol–water partition coefficient (Wildman–Crippen LogP) is 4.38. The van der Waals surface area contributed by atoms with E-state index in [9.17, 15) is 0 Å². The van der Waals surface area contributed by atoms with Crippen LogP contribution in [0.3, 0.4) is 0 Å². The lowest BCUT2D eigenvalue weighted by molar-refractivity contribution is 0.308. The molecule has 0 saturated carbocycles. The number of nitrogens with one attached hydrogen (secondary N) is 1. The van der Waals surface area contributed by atoms with Crippen LogP contribution in [-0.2, 0) is 6.54 Å². The van der Waals surface area contributed by atoms with Gasteiger partial charge in [0.15, 0.2) is 11.5 Å². The van der Waals surface area contributed by atoms with Crippen LogP contribution in [0.2, 0.25) is 0 Å². The molecular weight excluding hydrogens is 318 g/mol. The maximum absolute atomic E-state index is 5.60. The zero-order chi connectivity index (χ0) is 15.0. The van der Waals surface area contributed by atoms with Gasteiger partial charge in [-0.3, -0.25) is 0 Å². The molecule has 1 aromatic rings. The smallest absolute Gasteiger partial charge is 0.175 e. The van der Waals surface area contributed by atoms with Gasteiger partial charge in [0.1, 0.15) is 0 Å². The van der Waals surface area contributed by atoms with E-state index in [4.69, 9.17) is 9.47 Å².